The zero-order valence-corrected chi connectivity index (χ0v) is 16.4. The van der Waals surface area contributed by atoms with Crippen LogP contribution in [0.2, 0.25) is 0 Å². The monoisotopic (exact) mass is 396 g/mol. The van der Waals surface area contributed by atoms with Crippen LogP contribution in [0.4, 0.5) is 4.79 Å². The summed E-state index contributed by atoms with van der Waals surface area (Å²) < 4.78 is 31.7. The maximum absolute atomic E-state index is 11.6. The van der Waals surface area contributed by atoms with Crippen molar-refractivity contribution in [1.82, 2.24) is 9.62 Å². The third-order valence-corrected chi connectivity index (χ3v) is 6.34. The van der Waals surface area contributed by atoms with Crippen LogP contribution in [0.15, 0.2) is 30.3 Å². The Kier molecular flexibility index (Phi) is 6.39. The molecule has 1 saturated carbocycles. The normalized spacial score (nSPS) is 29.0. The molecule has 150 valence electrons. The minimum absolute atomic E-state index is 0.0973. The van der Waals surface area contributed by atoms with Crippen LogP contribution in [-0.4, -0.2) is 62.1 Å². The van der Waals surface area contributed by atoms with Crippen LogP contribution < -0.4 is 4.72 Å². The van der Waals surface area contributed by atoms with Gasteiger partial charge in [0, 0.05) is 12.6 Å². The molecule has 0 spiro atoms. The standard InChI is InChI=1S/C19H28N2O5S/c1-27(24,25)20-17-11-12-21(19(22)23)18(17)13-26-16-9-7-15(8-10-16)14-5-3-2-4-6-14/h2-6,15-18,20H,7-13H2,1H3,(H,22,23)/t15?,16?,17-,18-/m0/s1. The average Bonchev–Trinajstić information content (AvgIpc) is 3.02. The Balaban J connectivity index is 1.53. The Bertz CT molecular complexity index is 732. The van der Waals surface area contributed by atoms with Gasteiger partial charge in [-0.3, -0.25) is 0 Å². The van der Waals surface area contributed by atoms with Crippen molar-refractivity contribution in [3.05, 3.63) is 35.9 Å². The summed E-state index contributed by atoms with van der Waals surface area (Å²) in [6, 6.07) is 9.56. The van der Waals surface area contributed by atoms with Crippen molar-refractivity contribution < 1.29 is 23.1 Å². The van der Waals surface area contributed by atoms with Crippen LogP contribution in [0, 0.1) is 0 Å². The number of nitrogens with one attached hydrogen (secondary N) is 1. The van der Waals surface area contributed by atoms with Gasteiger partial charge in [-0.2, -0.15) is 0 Å². The molecular formula is C19H28N2O5S. The van der Waals surface area contributed by atoms with Gasteiger partial charge >= 0.3 is 6.09 Å². The van der Waals surface area contributed by atoms with Crippen molar-refractivity contribution >= 4 is 16.1 Å². The molecule has 27 heavy (non-hydrogen) atoms. The minimum Gasteiger partial charge on any atom is -0.465 e. The van der Waals surface area contributed by atoms with Crippen LogP contribution in [0.5, 0.6) is 0 Å². The van der Waals surface area contributed by atoms with E-state index in [4.69, 9.17) is 4.74 Å². The molecule has 2 aliphatic rings. The number of sulfonamides is 1. The molecule has 2 fully saturated rings. The molecule has 1 aromatic rings. The third-order valence-electron chi connectivity index (χ3n) is 5.60. The fourth-order valence-electron chi connectivity index (χ4n) is 4.23. The van der Waals surface area contributed by atoms with Crippen molar-refractivity contribution in [2.45, 2.75) is 56.2 Å². The number of carbonyl (C=O) groups is 1. The molecule has 1 saturated heterocycles. The van der Waals surface area contributed by atoms with Gasteiger partial charge in [0.2, 0.25) is 10.0 Å². The van der Waals surface area contributed by atoms with E-state index in [9.17, 15) is 18.3 Å². The third kappa shape index (κ3) is 5.43. The molecule has 2 N–H and O–H groups in total. The highest BCUT2D eigenvalue weighted by Gasteiger charge is 2.39. The summed E-state index contributed by atoms with van der Waals surface area (Å²) in [6.07, 6.45) is 4.59. The van der Waals surface area contributed by atoms with Gasteiger partial charge in [-0.05, 0) is 43.6 Å². The van der Waals surface area contributed by atoms with Crippen LogP contribution in [0.1, 0.15) is 43.6 Å². The van der Waals surface area contributed by atoms with Crippen molar-refractivity contribution in [3.63, 3.8) is 0 Å². The lowest BCUT2D eigenvalue weighted by Crippen LogP contribution is -2.49. The number of carboxylic acid groups (broad SMARTS) is 1. The predicted octanol–water partition coefficient (Wildman–Crippen LogP) is 2.40. The Hall–Kier alpha value is -1.64. The van der Waals surface area contributed by atoms with E-state index < -0.39 is 28.2 Å². The van der Waals surface area contributed by atoms with Crippen molar-refractivity contribution in [3.8, 4) is 0 Å². The minimum atomic E-state index is -3.40. The molecule has 1 aliphatic heterocycles. The lowest BCUT2D eigenvalue weighted by Gasteiger charge is -2.32. The van der Waals surface area contributed by atoms with Gasteiger partial charge in [-0.15, -0.1) is 0 Å². The molecule has 0 aromatic heterocycles. The second kappa shape index (κ2) is 8.58. The first kappa shape index (κ1) is 20.1. The van der Waals surface area contributed by atoms with Crippen molar-refractivity contribution in [2.24, 2.45) is 0 Å². The summed E-state index contributed by atoms with van der Waals surface area (Å²) in [5, 5.41) is 9.39. The number of rotatable bonds is 6. The quantitative estimate of drug-likeness (QED) is 0.770. The summed E-state index contributed by atoms with van der Waals surface area (Å²) in [5.74, 6) is 0.549. The molecule has 2 atom stereocenters. The van der Waals surface area contributed by atoms with E-state index in [0.717, 1.165) is 31.9 Å². The first-order valence-corrected chi connectivity index (χ1v) is 11.4. The molecule has 0 unspecified atom stereocenters. The summed E-state index contributed by atoms with van der Waals surface area (Å²) in [4.78, 5) is 12.8. The molecule has 1 aliphatic carbocycles. The fraction of sp³-hybridized carbons (Fsp3) is 0.632. The average molecular weight is 397 g/mol. The van der Waals surface area contributed by atoms with Gasteiger partial charge in [-0.1, -0.05) is 30.3 Å². The summed E-state index contributed by atoms with van der Waals surface area (Å²) in [5.41, 5.74) is 1.36. The van der Waals surface area contributed by atoms with E-state index in [1.807, 2.05) is 6.07 Å². The van der Waals surface area contributed by atoms with Gasteiger partial charge in [0.25, 0.3) is 0 Å². The first-order chi connectivity index (χ1) is 12.8. The van der Waals surface area contributed by atoms with E-state index >= 15 is 0 Å². The molecule has 0 radical (unpaired) electrons. The Morgan fingerprint density at radius 1 is 1.19 bits per heavy atom. The largest absolute Gasteiger partial charge is 0.465 e. The lowest BCUT2D eigenvalue weighted by molar-refractivity contribution is -0.00401. The van der Waals surface area contributed by atoms with Gasteiger partial charge in [0.15, 0.2) is 0 Å². The molecule has 8 heteroatoms. The van der Waals surface area contributed by atoms with Crippen LogP contribution in [-0.2, 0) is 14.8 Å². The predicted molar refractivity (Wildman–Crippen MR) is 102 cm³/mol. The molecule has 1 aromatic carbocycles. The van der Waals surface area contributed by atoms with E-state index in [0.29, 0.717) is 18.9 Å². The number of hydrogen-bond donors (Lipinski definition) is 2. The molecule has 1 heterocycles. The number of amides is 1. The van der Waals surface area contributed by atoms with Gasteiger partial charge < -0.3 is 14.7 Å². The highest BCUT2D eigenvalue weighted by molar-refractivity contribution is 7.88. The maximum Gasteiger partial charge on any atom is 0.407 e. The Morgan fingerprint density at radius 3 is 2.44 bits per heavy atom. The molecule has 1 amide bonds. The molecular weight excluding hydrogens is 368 g/mol. The van der Waals surface area contributed by atoms with Crippen molar-refractivity contribution in [2.75, 3.05) is 19.4 Å². The van der Waals surface area contributed by atoms with Crippen molar-refractivity contribution in [1.29, 1.82) is 0 Å². The summed E-state index contributed by atoms with van der Waals surface area (Å²) in [7, 11) is -3.40. The van der Waals surface area contributed by atoms with E-state index in [1.165, 1.54) is 10.5 Å². The number of nitrogens with zero attached hydrogens (tertiary/aromatic N) is 1. The smallest absolute Gasteiger partial charge is 0.407 e. The number of ether oxygens (including phenoxy) is 1. The van der Waals surface area contributed by atoms with Crippen LogP contribution >= 0.6 is 0 Å². The lowest BCUT2D eigenvalue weighted by atomic mass is 9.83. The molecule has 0 bridgehead atoms. The number of benzene rings is 1. The van der Waals surface area contributed by atoms with Gasteiger partial charge in [-0.25, -0.2) is 17.9 Å². The van der Waals surface area contributed by atoms with Gasteiger partial charge in [0.05, 0.1) is 25.0 Å². The molecule has 7 nitrogen and oxygen atoms in total. The first-order valence-electron chi connectivity index (χ1n) is 9.47. The topological polar surface area (TPSA) is 95.9 Å². The fourth-order valence-corrected chi connectivity index (χ4v) is 5.06. The summed E-state index contributed by atoms with van der Waals surface area (Å²) >= 11 is 0. The molecule has 3 rings (SSSR count). The zero-order chi connectivity index (χ0) is 19.4. The SMILES string of the molecule is CS(=O)(=O)N[C@H]1CCN(C(=O)O)[C@H]1COC1CCC(c2ccccc2)CC1. The van der Waals surface area contributed by atoms with E-state index in [2.05, 4.69) is 29.0 Å². The maximum atomic E-state index is 11.6. The van der Waals surface area contributed by atoms with Crippen LogP contribution in [0.3, 0.4) is 0 Å². The highest BCUT2D eigenvalue weighted by Crippen LogP contribution is 2.34. The zero-order valence-electron chi connectivity index (χ0n) is 15.6. The second-order valence-electron chi connectivity index (χ2n) is 7.55. The van der Waals surface area contributed by atoms with Gasteiger partial charge in [0.1, 0.15) is 0 Å². The Labute approximate surface area is 160 Å². The number of hydrogen-bond acceptors (Lipinski definition) is 4. The van der Waals surface area contributed by atoms with E-state index in [1.54, 1.807) is 0 Å². The Morgan fingerprint density at radius 2 is 1.85 bits per heavy atom. The van der Waals surface area contributed by atoms with E-state index in [-0.39, 0.29) is 12.7 Å². The highest BCUT2D eigenvalue weighted by atomic mass is 32.2. The van der Waals surface area contributed by atoms with Crippen LogP contribution in [0.25, 0.3) is 0 Å². The summed E-state index contributed by atoms with van der Waals surface area (Å²) in [6.45, 7) is 0.539. The second-order valence-corrected chi connectivity index (χ2v) is 9.33. The number of likely N-dealkylation sites (tertiary alicyclic amines) is 1.